The molecule has 1 aliphatic carbocycles. The first-order chi connectivity index (χ1) is 8.86. The van der Waals surface area contributed by atoms with Gasteiger partial charge in [-0.15, -0.1) is 0 Å². The molecule has 0 aromatic carbocycles. The predicted octanol–water partition coefficient (Wildman–Crippen LogP) is -0.959. The van der Waals surface area contributed by atoms with Gasteiger partial charge in [0.05, 0.1) is 6.61 Å². The van der Waals surface area contributed by atoms with E-state index in [1.54, 1.807) is 0 Å². The van der Waals surface area contributed by atoms with Crippen molar-refractivity contribution in [1.82, 2.24) is 10.6 Å². The number of carboxylic acid groups (broad SMARTS) is 1. The van der Waals surface area contributed by atoms with E-state index in [0.717, 1.165) is 12.8 Å². The van der Waals surface area contributed by atoms with Crippen molar-refractivity contribution in [3.05, 3.63) is 0 Å². The summed E-state index contributed by atoms with van der Waals surface area (Å²) in [6.45, 7) is 1.58. The zero-order chi connectivity index (χ0) is 14.5. The van der Waals surface area contributed by atoms with Gasteiger partial charge in [0, 0.05) is 6.54 Å². The molecule has 1 rings (SSSR count). The first kappa shape index (κ1) is 15.2. The highest BCUT2D eigenvalue weighted by Gasteiger charge is 2.48. The summed E-state index contributed by atoms with van der Waals surface area (Å²) in [6.07, 6.45) is 1.59. The number of hydrogen-bond acceptors (Lipinski definition) is 4. The number of rotatable bonds is 8. The number of primary amides is 1. The second kappa shape index (κ2) is 6.37. The van der Waals surface area contributed by atoms with E-state index in [0.29, 0.717) is 0 Å². The van der Waals surface area contributed by atoms with Crippen LogP contribution in [-0.4, -0.2) is 48.3 Å². The van der Waals surface area contributed by atoms with Crippen molar-refractivity contribution in [2.45, 2.75) is 25.3 Å². The summed E-state index contributed by atoms with van der Waals surface area (Å²) in [7, 11) is 0. The molecular formula is C11H19N3O5. The largest absolute Gasteiger partial charge is 0.480 e. The highest BCUT2D eigenvalue weighted by molar-refractivity contribution is 5.86. The molecular weight excluding hydrogens is 254 g/mol. The molecule has 5 N–H and O–H groups in total. The third-order valence-electron chi connectivity index (χ3n) is 2.99. The van der Waals surface area contributed by atoms with Gasteiger partial charge in [-0.05, 0) is 25.7 Å². The zero-order valence-electron chi connectivity index (χ0n) is 10.8. The monoisotopic (exact) mass is 273 g/mol. The molecule has 0 spiro atoms. The molecule has 3 amide bonds. The van der Waals surface area contributed by atoms with Crippen molar-refractivity contribution in [2.24, 2.45) is 11.7 Å². The smallest absolute Gasteiger partial charge is 0.329 e. The minimum atomic E-state index is -1.24. The van der Waals surface area contributed by atoms with Crippen molar-refractivity contribution >= 4 is 17.9 Å². The summed E-state index contributed by atoms with van der Waals surface area (Å²) >= 11 is 0. The Kier molecular flexibility index (Phi) is 5.11. The van der Waals surface area contributed by atoms with Crippen LogP contribution >= 0.6 is 0 Å². The fourth-order valence-electron chi connectivity index (χ4n) is 1.68. The van der Waals surface area contributed by atoms with Crippen LogP contribution < -0.4 is 16.4 Å². The van der Waals surface area contributed by atoms with E-state index in [2.05, 4.69) is 10.6 Å². The average molecular weight is 273 g/mol. The van der Waals surface area contributed by atoms with Crippen LogP contribution in [0.4, 0.5) is 4.79 Å². The summed E-state index contributed by atoms with van der Waals surface area (Å²) in [5.41, 5.74) is 3.62. The normalized spacial score (nSPS) is 17.3. The SMILES string of the molecule is CC(NC(=O)NCCOCC(N)=O)(C(=O)O)C1CC1. The topological polar surface area (TPSA) is 131 Å². The summed E-state index contributed by atoms with van der Waals surface area (Å²) in [5.74, 6) is -1.66. The van der Waals surface area contributed by atoms with Crippen LogP contribution in [0.1, 0.15) is 19.8 Å². The number of carbonyl (C=O) groups excluding carboxylic acids is 2. The lowest BCUT2D eigenvalue weighted by atomic mass is 9.96. The summed E-state index contributed by atoms with van der Waals surface area (Å²) in [5, 5.41) is 14.1. The van der Waals surface area contributed by atoms with Gasteiger partial charge in [-0.1, -0.05) is 0 Å². The van der Waals surface area contributed by atoms with E-state index in [1.165, 1.54) is 6.92 Å². The molecule has 1 saturated carbocycles. The molecule has 1 unspecified atom stereocenters. The second-order valence-corrected chi connectivity index (χ2v) is 4.68. The number of nitrogens with one attached hydrogen (secondary N) is 2. The fraction of sp³-hybridized carbons (Fsp3) is 0.727. The molecule has 0 heterocycles. The van der Waals surface area contributed by atoms with Crippen molar-refractivity contribution in [2.75, 3.05) is 19.8 Å². The number of carbonyl (C=O) groups is 3. The van der Waals surface area contributed by atoms with Gasteiger partial charge < -0.3 is 26.2 Å². The van der Waals surface area contributed by atoms with Crippen molar-refractivity contribution in [3.8, 4) is 0 Å². The molecule has 108 valence electrons. The Labute approximate surface area is 110 Å². The van der Waals surface area contributed by atoms with Crippen molar-refractivity contribution in [1.29, 1.82) is 0 Å². The first-order valence-electron chi connectivity index (χ1n) is 6.01. The maximum Gasteiger partial charge on any atom is 0.329 e. The molecule has 8 nitrogen and oxygen atoms in total. The van der Waals surface area contributed by atoms with Gasteiger partial charge in [0.15, 0.2) is 0 Å². The van der Waals surface area contributed by atoms with E-state index in [1.807, 2.05) is 0 Å². The minimum Gasteiger partial charge on any atom is -0.480 e. The van der Waals surface area contributed by atoms with Crippen LogP contribution in [0.15, 0.2) is 0 Å². The molecule has 1 aliphatic rings. The number of carboxylic acids is 1. The third-order valence-corrected chi connectivity index (χ3v) is 2.99. The molecule has 0 saturated heterocycles. The molecule has 1 fully saturated rings. The number of aliphatic carboxylic acids is 1. The average Bonchev–Trinajstić information content (AvgIpc) is 3.11. The Morgan fingerprint density at radius 2 is 2.05 bits per heavy atom. The quantitative estimate of drug-likeness (QED) is 0.423. The highest BCUT2D eigenvalue weighted by atomic mass is 16.5. The molecule has 8 heteroatoms. The molecule has 0 aromatic heterocycles. The zero-order valence-corrected chi connectivity index (χ0v) is 10.8. The van der Waals surface area contributed by atoms with Crippen molar-refractivity contribution in [3.63, 3.8) is 0 Å². The number of amides is 3. The van der Waals surface area contributed by atoms with Gasteiger partial charge in [-0.3, -0.25) is 4.79 Å². The van der Waals surface area contributed by atoms with Crippen LogP contribution in [-0.2, 0) is 14.3 Å². The standard InChI is InChI=1S/C11H19N3O5/c1-11(9(16)17,7-2-3-7)14-10(18)13-4-5-19-6-8(12)15/h7H,2-6H2,1H3,(H2,12,15)(H,16,17)(H2,13,14,18). The summed E-state index contributed by atoms with van der Waals surface area (Å²) in [6, 6.07) is -0.570. The Morgan fingerprint density at radius 3 is 2.53 bits per heavy atom. The number of urea groups is 1. The van der Waals surface area contributed by atoms with Gasteiger partial charge in [-0.25, -0.2) is 9.59 Å². The molecule has 0 aromatic rings. The first-order valence-corrected chi connectivity index (χ1v) is 6.01. The van der Waals surface area contributed by atoms with E-state index < -0.39 is 23.4 Å². The number of nitrogens with two attached hydrogens (primary N) is 1. The van der Waals surface area contributed by atoms with Crippen LogP contribution in [0, 0.1) is 5.92 Å². The van der Waals surface area contributed by atoms with E-state index in [4.69, 9.17) is 15.6 Å². The molecule has 19 heavy (non-hydrogen) atoms. The fourth-order valence-corrected chi connectivity index (χ4v) is 1.68. The van der Waals surface area contributed by atoms with Gasteiger partial charge in [0.1, 0.15) is 12.1 Å². The van der Waals surface area contributed by atoms with Crippen LogP contribution in [0.25, 0.3) is 0 Å². The third kappa shape index (κ3) is 4.74. The van der Waals surface area contributed by atoms with Crippen LogP contribution in [0.5, 0.6) is 0 Å². The minimum absolute atomic E-state index is 0.0261. The van der Waals surface area contributed by atoms with Gasteiger partial charge in [-0.2, -0.15) is 0 Å². The lowest BCUT2D eigenvalue weighted by Gasteiger charge is -2.26. The van der Waals surface area contributed by atoms with Crippen molar-refractivity contribution < 1.29 is 24.2 Å². The Bertz CT molecular complexity index is 369. The summed E-state index contributed by atoms with van der Waals surface area (Å²) in [4.78, 5) is 33.1. The van der Waals surface area contributed by atoms with E-state index in [9.17, 15) is 14.4 Å². The highest BCUT2D eigenvalue weighted by Crippen LogP contribution is 2.39. The Hall–Kier alpha value is -1.83. The van der Waals surface area contributed by atoms with E-state index in [-0.39, 0.29) is 25.7 Å². The van der Waals surface area contributed by atoms with Gasteiger partial charge in [0.2, 0.25) is 5.91 Å². The molecule has 0 bridgehead atoms. The lowest BCUT2D eigenvalue weighted by molar-refractivity contribution is -0.144. The second-order valence-electron chi connectivity index (χ2n) is 4.68. The number of hydrogen-bond donors (Lipinski definition) is 4. The van der Waals surface area contributed by atoms with Gasteiger partial charge in [0.25, 0.3) is 0 Å². The Balaban J connectivity index is 2.26. The predicted molar refractivity (Wildman–Crippen MR) is 65.3 cm³/mol. The van der Waals surface area contributed by atoms with E-state index >= 15 is 0 Å². The van der Waals surface area contributed by atoms with Crippen LogP contribution in [0.3, 0.4) is 0 Å². The maximum atomic E-state index is 11.6. The van der Waals surface area contributed by atoms with Gasteiger partial charge >= 0.3 is 12.0 Å². The summed E-state index contributed by atoms with van der Waals surface area (Å²) < 4.78 is 4.85. The maximum absolute atomic E-state index is 11.6. The Morgan fingerprint density at radius 1 is 1.42 bits per heavy atom. The molecule has 1 atom stereocenters. The molecule has 0 aliphatic heterocycles. The molecule has 0 radical (unpaired) electrons. The number of ether oxygens (including phenoxy) is 1. The van der Waals surface area contributed by atoms with Crippen LogP contribution in [0.2, 0.25) is 0 Å². The lowest BCUT2D eigenvalue weighted by Crippen LogP contribution is -2.57.